The fraction of sp³-hybridized carbons (Fsp3) is 0.438. The van der Waals surface area contributed by atoms with Gasteiger partial charge in [-0.15, -0.1) is 17.0 Å². The lowest BCUT2D eigenvalue weighted by atomic mass is 9.80. The average molecular weight is 488 g/mol. The molecule has 23 heavy (non-hydrogen) atoms. The molecule has 1 aliphatic carbocycles. The van der Waals surface area contributed by atoms with Crippen LogP contribution < -0.4 is 5.32 Å². The van der Waals surface area contributed by atoms with Gasteiger partial charge in [0.05, 0.1) is 21.1 Å². The SMILES string of the molecule is Br.CNC1(/C(=C/Br)OC(=O)c2ccc(Cl)c(Cl)c2)CCCCC1. The molecule has 7 heteroatoms. The lowest BCUT2D eigenvalue weighted by Gasteiger charge is -2.37. The summed E-state index contributed by atoms with van der Waals surface area (Å²) >= 11 is 15.2. The summed E-state index contributed by atoms with van der Waals surface area (Å²) in [5, 5.41) is 4.07. The molecule has 0 saturated heterocycles. The Morgan fingerprint density at radius 1 is 1.26 bits per heavy atom. The van der Waals surface area contributed by atoms with Crippen LogP contribution in [0.5, 0.6) is 0 Å². The van der Waals surface area contributed by atoms with Crippen LogP contribution in [0.15, 0.2) is 28.9 Å². The molecule has 0 atom stereocenters. The van der Waals surface area contributed by atoms with Crippen molar-refractivity contribution in [2.24, 2.45) is 0 Å². The largest absolute Gasteiger partial charge is 0.425 e. The number of nitrogens with one attached hydrogen (secondary N) is 1. The van der Waals surface area contributed by atoms with Gasteiger partial charge < -0.3 is 10.1 Å². The van der Waals surface area contributed by atoms with E-state index in [1.54, 1.807) is 17.1 Å². The molecule has 0 unspecified atom stereocenters. The predicted molar refractivity (Wildman–Crippen MR) is 104 cm³/mol. The lowest BCUT2D eigenvalue weighted by Crippen LogP contribution is -2.47. The number of likely N-dealkylation sites (N-methyl/N-ethyl adjacent to an activating group) is 1. The number of benzene rings is 1. The van der Waals surface area contributed by atoms with Crippen molar-refractivity contribution >= 4 is 62.1 Å². The number of carbonyl (C=O) groups excluding carboxylic acids is 1. The Balaban J connectivity index is 0.00000264. The maximum atomic E-state index is 12.4. The van der Waals surface area contributed by atoms with E-state index in [0.717, 1.165) is 25.7 Å². The molecule has 2 rings (SSSR count). The molecular formula is C16H19Br2Cl2NO2. The summed E-state index contributed by atoms with van der Waals surface area (Å²) in [4.78, 5) is 14.0. The Kier molecular flexibility index (Phi) is 8.59. The molecule has 0 radical (unpaired) electrons. The maximum Gasteiger partial charge on any atom is 0.343 e. The van der Waals surface area contributed by atoms with Gasteiger partial charge in [0.1, 0.15) is 5.76 Å². The Labute approximate surface area is 165 Å². The van der Waals surface area contributed by atoms with Gasteiger partial charge >= 0.3 is 5.97 Å². The van der Waals surface area contributed by atoms with Crippen molar-refractivity contribution in [3.8, 4) is 0 Å². The van der Waals surface area contributed by atoms with E-state index >= 15 is 0 Å². The van der Waals surface area contributed by atoms with Crippen LogP contribution in [0.1, 0.15) is 42.5 Å². The second-order valence-electron chi connectivity index (χ2n) is 5.38. The minimum absolute atomic E-state index is 0. The van der Waals surface area contributed by atoms with Gasteiger partial charge in [-0.1, -0.05) is 58.4 Å². The van der Waals surface area contributed by atoms with E-state index in [1.165, 1.54) is 12.5 Å². The average Bonchev–Trinajstić information content (AvgIpc) is 2.55. The van der Waals surface area contributed by atoms with Gasteiger partial charge in [-0.25, -0.2) is 4.79 Å². The van der Waals surface area contributed by atoms with Crippen molar-refractivity contribution in [3.05, 3.63) is 44.6 Å². The molecule has 1 fully saturated rings. The maximum absolute atomic E-state index is 12.4. The molecule has 3 nitrogen and oxygen atoms in total. The molecule has 0 spiro atoms. The summed E-state index contributed by atoms with van der Waals surface area (Å²) in [6.45, 7) is 0. The van der Waals surface area contributed by atoms with Gasteiger partial charge in [-0.05, 0) is 38.1 Å². The Morgan fingerprint density at radius 3 is 2.43 bits per heavy atom. The molecule has 0 aromatic heterocycles. The van der Waals surface area contributed by atoms with Crippen molar-refractivity contribution in [1.29, 1.82) is 0 Å². The van der Waals surface area contributed by atoms with Crippen LogP contribution in [-0.2, 0) is 4.74 Å². The van der Waals surface area contributed by atoms with Gasteiger partial charge in [-0.2, -0.15) is 0 Å². The normalized spacial score (nSPS) is 17.3. The third kappa shape index (κ3) is 4.95. The molecule has 0 amide bonds. The minimum Gasteiger partial charge on any atom is -0.425 e. The summed E-state index contributed by atoms with van der Waals surface area (Å²) in [6, 6.07) is 4.72. The number of ether oxygens (including phenoxy) is 1. The molecule has 0 heterocycles. The topological polar surface area (TPSA) is 38.3 Å². The molecule has 1 N–H and O–H groups in total. The van der Waals surface area contributed by atoms with Crippen molar-refractivity contribution in [3.63, 3.8) is 0 Å². The van der Waals surface area contributed by atoms with E-state index in [4.69, 9.17) is 27.9 Å². The van der Waals surface area contributed by atoms with Crippen molar-refractivity contribution < 1.29 is 9.53 Å². The summed E-state index contributed by atoms with van der Waals surface area (Å²) < 4.78 is 5.63. The summed E-state index contributed by atoms with van der Waals surface area (Å²) in [5.41, 5.74) is 0.0801. The van der Waals surface area contributed by atoms with Crippen molar-refractivity contribution in [2.45, 2.75) is 37.6 Å². The number of hydrogen-bond acceptors (Lipinski definition) is 3. The van der Waals surface area contributed by atoms with Gasteiger partial charge in [-0.3, -0.25) is 0 Å². The molecule has 128 valence electrons. The zero-order valence-electron chi connectivity index (χ0n) is 12.7. The molecule has 1 aromatic carbocycles. The van der Waals surface area contributed by atoms with Crippen LogP contribution in [-0.4, -0.2) is 18.6 Å². The first-order chi connectivity index (χ1) is 10.5. The summed E-state index contributed by atoms with van der Waals surface area (Å²) in [7, 11) is 1.90. The zero-order valence-corrected chi connectivity index (χ0v) is 17.5. The molecule has 1 aromatic rings. The van der Waals surface area contributed by atoms with Crippen LogP contribution in [0.25, 0.3) is 0 Å². The smallest absolute Gasteiger partial charge is 0.343 e. The van der Waals surface area contributed by atoms with Crippen LogP contribution in [0.2, 0.25) is 10.0 Å². The Morgan fingerprint density at radius 2 is 1.91 bits per heavy atom. The predicted octanol–water partition coefficient (Wildman–Crippen LogP) is 5.89. The highest BCUT2D eigenvalue weighted by atomic mass is 79.9. The standard InChI is InChI=1S/C16H18BrCl2NO2.BrH/c1-20-16(7-3-2-4-8-16)14(10-17)22-15(21)11-5-6-12(18)13(19)9-11;/h5-6,9-10,20H,2-4,7-8H2,1H3;1H/b14-10-;. The van der Waals surface area contributed by atoms with E-state index in [-0.39, 0.29) is 22.5 Å². The molecule has 0 aliphatic heterocycles. The number of rotatable bonds is 4. The summed E-state index contributed by atoms with van der Waals surface area (Å²) in [6.07, 6.45) is 5.30. The van der Waals surface area contributed by atoms with Gasteiger partial charge in [0, 0.05) is 4.99 Å². The third-order valence-corrected chi connectivity index (χ3v) is 5.27. The van der Waals surface area contributed by atoms with Crippen LogP contribution in [0.3, 0.4) is 0 Å². The first kappa shape index (κ1) is 21.0. The van der Waals surface area contributed by atoms with Crippen LogP contribution in [0, 0.1) is 0 Å². The number of halogens is 4. The van der Waals surface area contributed by atoms with E-state index in [0.29, 0.717) is 21.4 Å². The minimum atomic E-state index is -0.440. The van der Waals surface area contributed by atoms with Crippen molar-refractivity contribution in [2.75, 3.05) is 7.05 Å². The van der Waals surface area contributed by atoms with Crippen LogP contribution >= 0.6 is 56.1 Å². The number of esters is 1. The highest BCUT2D eigenvalue weighted by Crippen LogP contribution is 2.35. The van der Waals surface area contributed by atoms with Gasteiger partial charge in [0.2, 0.25) is 0 Å². The highest BCUT2D eigenvalue weighted by Gasteiger charge is 2.37. The molecule has 0 bridgehead atoms. The second-order valence-corrected chi connectivity index (χ2v) is 6.66. The summed E-state index contributed by atoms with van der Waals surface area (Å²) in [5.74, 6) is 0.162. The fourth-order valence-corrected chi connectivity index (χ4v) is 3.61. The first-order valence-electron chi connectivity index (χ1n) is 7.19. The van der Waals surface area contributed by atoms with Gasteiger partial charge in [0.15, 0.2) is 0 Å². The number of carbonyl (C=O) groups is 1. The van der Waals surface area contributed by atoms with E-state index in [2.05, 4.69) is 21.2 Å². The first-order valence-corrected chi connectivity index (χ1v) is 8.86. The molecule has 1 aliphatic rings. The Bertz CT molecular complexity index is 587. The van der Waals surface area contributed by atoms with E-state index in [9.17, 15) is 4.79 Å². The second kappa shape index (κ2) is 9.42. The number of hydrogen-bond donors (Lipinski definition) is 1. The molecular weight excluding hydrogens is 469 g/mol. The van der Waals surface area contributed by atoms with Gasteiger partial charge in [0.25, 0.3) is 0 Å². The lowest BCUT2D eigenvalue weighted by molar-refractivity contribution is 0.0535. The van der Waals surface area contributed by atoms with Crippen molar-refractivity contribution in [1.82, 2.24) is 5.32 Å². The third-order valence-electron chi connectivity index (χ3n) is 4.11. The molecule has 1 saturated carbocycles. The van der Waals surface area contributed by atoms with E-state index < -0.39 is 5.97 Å². The monoisotopic (exact) mass is 485 g/mol. The quantitative estimate of drug-likeness (QED) is 0.425. The van der Waals surface area contributed by atoms with E-state index in [1.807, 2.05) is 7.05 Å². The zero-order chi connectivity index (χ0) is 16.2. The fourth-order valence-electron chi connectivity index (χ4n) is 2.78. The van der Waals surface area contributed by atoms with Crippen LogP contribution in [0.4, 0.5) is 0 Å². The highest BCUT2D eigenvalue weighted by molar-refractivity contribution is 9.11. The Hall–Kier alpha value is -0.0700.